The molecule has 4 nitrogen and oxygen atoms in total. The number of amides is 1. The lowest BCUT2D eigenvalue weighted by Crippen LogP contribution is -2.29. The van der Waals surface area contributed by atoms with E-state index in [1.165, 1.54) is 4.68 Å². The van der Waals surface area contributed by atoms with Gasteiger partial charge in [0.05, 0.1) is 6.54 Å². The Balaban J connectivity index is 1.40. The summed E-state index contributed by atoms with van der Waals surface area (Å²) in [5.41, 5.74) is 1.82. The summed E-state index contributed by atoms with van der Waals surface area (Å²) in [5, 5.41) is 6.59. The Hall–Kier alpha value is -3.09. The highest BCUT2D eigenvalue weighted by Gasteiger charge is 2.37. The van der Waals surface area contributed by atoms with Gasteiger partial charge in [0.1, 0.15) is 0 Å². The average Bonchev–Trinajstić information content (AvgIpc) is 3.51. The monoisotopic (exact) mass is 427 g/mol. The normalized spacial score (nSPS) is 14.1. The topological polar surface area (TPSA) is 46.9 Å². The van der Waals surface area contributed by atoms with Gasteiger partial charge in [0, 0.05) is 30.5 Å². The zero-order valence-electron chi connectivity index (χ0n) is 17.0. The number of nitrogens with zero attached hydrogens (tertiary/aromatic N) is 2. The minimum absolute atomic E-state index is 0.0917. The van der Waals surface area contributed by atoms with Crippen molar-refractivity contribution >= 4 is 5.91 Å². The molecule has 0 unspecified atom stereocenters. The molecule has 31 heavy (non-hydrogen) atoms. The number of rotatable bonds is 8. The van der Waals surface area contributed by atoms with Crippen LogP contribution in [0.4, 0.5) is 13.2 Å². The number of hydrogen-bond acceptors (Lipinski definition) is 2. The summed E-state index contributed by atoms with van der Waals surface area (Å²) in [5.74, 6) is -0.0975. The molecule has 0 atom stereocenters. The van der Waals surface area contributed by atoms with Gasteiger partial charge in [-0.15, -0.1) is 0 Å². The molecule has 1 saturated carbocycles. The van der Waals surface area contributed by atoms with Crippen molar-refractivity contribution in [2.24, 2.45) is 0 Å². The molecule has 0 radical (unpaired) electrons. The quantitative estimate of drug-likeness (QED) is 0.543. The molecule has 7 heteroatoms. The van der Waals surface area contributed by atoms with E-state index >= 15 is 0 Å². The molecule has 1 aliphatic rings. The smallest absolute Gasteiger partial charge is 0.354 e. The van der Waals surface area contributed by atoms with Gasteiger partial charge in [-0.05, 0) is 30.0 Å². The van der Waals surface area contributed by atoms with E-state index in [0.717, 1.165) is 30.0 Å². The Bertz CT molecular complexity index is 972. The zero-order chi connectivity index (χ0) is 21.8. The summed E-state index contributed by atoms with van der Waals surface area (Å²) in [6, 6.07) is 20.8. The van der Waals surface area contributed by atoms with Crippen molar-refractivity contribution in [1.82, 2.24) is 15.1 Å². The molecule has 0 bridgehead atoms. The third kappa shape index (κ3) is 5.34. The van der Waals surface area contributed by atoms with Crippen molar-refractivity contribution in [2.45, 2.75) is 43.8 Å². The third-order valence-electron chi connectivity index (χ3n) is 5.54. The minimum atomic E-state index is -4.46. The number of carbonyl (C=O) groups is 1. The molecule has 1 aromatic heterocycles. The minimum Gasteiger partial charge on any atom is -0.354 e. The van der Waals surface area contributed by atoms with Crippen LogP contribution in [-0.4, -0.2) is 22.2 Å². The molecular weight excluding hydrogens is 403 g/mol. The lowest BCUT2D eigenvalue weighted by atomic mass is 9.88. The maximum Gasteiger partial charge on any atom is 0.435 e. The molecule has 0 spiro atoms. The summed E-state index contributed by atoms with van der Waals surface area (Å²) in [4.78, 5) is 12.7. The average molecular weight is 427 g/mol. The molecule has 3 aromatic rings. The molecule has 1 amide bonds. The van der Waals surface area contributed by atoms with E-state index in [2.05, 4.69) is 10.4 Å². The highest BCUT2D eigenvalue weighted by atomic mass is 19.4. The Morgan fingerprint density at radius 1 is 1.03 bits per heavy atom. The molecule has 162 valence electrons. The molecule has 1 heterocycles. The van der Waals surface area contributed by atoms with Crippen molar-refractivity contribution in [3.8, 4) is 0 Å². The predicted molar refractivity (Wildman–Crippen MR) is 112 cm³/mol. The molecule has 2 aromatic carbocycles. The van der Waals surface area contributed by atoms with Crippen molar-refractivity contribution in [1.29, 1.82) is 0 Å². The summed E-state index contributed by atoms with van der Waals surface area (Å²) in [6.45, 7) is 0.447. The number of hydrogen-bond donors (Lipinski definition) is 1. The molecule has 1 aliphatic carbocycles. The van der Waals surface area contributed by atoms with Crippen LogP contribution in [-0.2, 0) is 17.5 Å². The first-order valence-corrected chi connectivity index (χ1v) is 10.4. The molecule has 0 saturated heterocycles. The number of alkyl halides is 3. The third-order valence-corrected chi connectivity index (χ3v) is 5.54. The first-order chi connectivity index (χ1) is 14.9. The van der Waals surface area contributed by atoms with Crippen molar-refractivity contribution in [3.63, 3.8) is 0 Å². The fourth-order valence-electron chi connectivity index (χ4n) is 3.81. The van der Waals surface area contributed by atoms with Gasteiger partial charge < -0.3 is 5.32 Å². The van der Waals surface area contributed by atoms with Gasteiger partial charge in [0.25, 0.3) is 0 Å². The van der Waals surface area contributed by atoms with Gasteiger partial charge in [0.15, 0.2) is 5.69 Å². The van der Waals surface area contributed by atoms with Crippen LogP contribution in [0.15, 0.2) is 66.7 Å². The van der Waals surface area contributed by atoms with Gasteiger partial charge in [-0.3, -0.25) is 9.48 Å². The highest BCUT2D eigenvalue weighted by Crippen LogP contribution is 2.42. The molecule has 0 aliphatic heterocycles. The van der Waals surface area contributed by atoms with E-state index in [4.69, 9.17) is 0 Å². The van der Waals surface area contributed by atoms with E-state index < -0.39 is 11.9 Å². The van der Waals surface area contributed by atoms with Crippen LogP contribution >= 0.6 is 0 Å². The van der Waals surface area contributed by atoms with Crippen LogP contribution in [0.1, 0.15) is 53.6 Å². The number of aromatic nitrogens is 2. The van der Waals surface area contributed by atoms with Crippen LogP contribution in [0, 0.1) is 0 Å². The summed E-state index contributed by atoms with van der Waals surface area (Å²) in [7, 11) is 0. The number of halogens is 3. The van der Waals surface area contributed by atoms with Gasteiger partial charge in [0.2, 0.25) is 5.91 Å². The molecular formula is C24H24F3N3O. The van der Waals surface area contributed by atoms with Crippen molar-refractivity contribution in [3.05, 3.63) is 89.2 Å². The number of benzene rings is 2. The van der Waals surface area contributed by atoms with Crippen LogP contribution in [0.25, 0.3) is 0 Å². The van der Waals surface area contributed by atoms with E-state index in [-0.39, 0.29) is 37.3 Å². The van der Waals surface area contributed by atoms with Crippen LogP contribution in [0.5, 0.6) is 0 Å². The molecule has 1 N–H and O–H groups in total. The largest absolute Gasteiger partial charge is 0.435 e. The van der Waals surface area contributed by atoms with Gasteiger partial charge in [-0.1, -0.05) is 60.7 Å². The zero-order valence-corrected chi connectivity index (χ0v) is 17.0. The van der Waals surface area contributed by atoms with E-state index in [9.17, 15) is 18.0 Å². The second kappa shape index (κ2) is 8.96. The van der Waals surface area contributed by atoms with Crippen LogP contribution in [0.3, 0.4) is 0 Å². The summed E-state index contributed by atoms with van der Waals surface area (Å²) >= 11 is 0. The van der Waals surface area contributed by atoms with E-state index in [1.54, 1.807) is 0 Å². The second-order valence-corrected chi connectivity index (χ2v) is 7.88. The Labute approximate surface area is 179 Å². The second-order valence-electron chi connectivity index (χ2n) is 7.88. The van der Waals surface area contributed by atoms with E-state index in [0.29, 0.717) is 5.69 Å². The molecule has 4 rings (SSSR count). The summed E-state index contributed by atoms with van der Waals surface area (Å²) in [6.07, 6.45) is -2.44. The Kier molecular flexibility index (Phi) is 6.11. The van der Waals surface area contributed by atoms with Crippen molar-refractivity contribution < 1.29 is 18.0 Å². The predicted octanol–water partition coefficient (Wildman–Crippen LogP) is 5.12. The lowest BCUT2D eigenvalue weighted by Gasteiger charge is -2.18. The SMILES string of the molecule is O=C(CC(c1ccccc1)c1ccccc1)NCCn1nc(C(F)(F)F)cc1C1CC1. The fourth-order valence-corrected chi connectivity index (χ4v) is 3.81. The fraction of sp³-hybridized carbons (Fsp3) is 0.333. The standard InChI is InChI=1S/C24H24F3N3O/c25-24(26,27)22-16-21(19-11-12-19)30(29-22)14-13-28-23(31)15-20(17-7-3-1-4-8-17)18-9-5-2-6-10-18/h1-10,16,19-20H,11-15H2,(H,28,31). The Morgan fingerprint density at radius 2 is 1.61 bits per heavy atom. The van der Waals surface area contributed by atoms with Gasteiger partial charge in [-0.25, -0.2) is 0 Å². The number of nitrogens with one attached hydrogen (secondary N) is 1. The van der Waals surface area contributed by atoms with Gasteiger partial charge >= 0.3 is 6.18 Å². The number of carbonyl (C=O) groups excluding carboxylic acids is 1. The maximum absolute atomic E-state index is 13.0. The lowest BCUT2D eigenvalue weighted by molar-refractivity contribution is -0.141. The first kappa shape index (κ1) is 21.2. The molecule has 1 fully saturated rings. The van der Waals surface area contributed by atoms with Crippen molar-refractivity contribution in [2.75, 3.05) is 6.54 Å². The van der Waals surface area contributed by atoms with Gasteiger partial charge in [-0.2, -0.15) is 18.3 Å². The van der Waals surface area contributed by atoms with E-state index in [1.807, 2.05) is 60.7 Å². The Morgan fingerprint density at radius 3 is 2.13 bits per heavy atom. The first-order valence-electron chi connectivity index (χ1n) is 10.4. The summed E-state index contributed by atoms with van der Waals surface area (Å²) < 4.78 is 40.5. The van der Waals surface area contributed by atoms with Crippen LogP contribution < -0.4 is 5.32 Å². The maximum atomic E-state index is 13.0. The highest BCUT2D eigenvalue weighted by molar-refractivity contribution is 5.77. The van der Waals surface area contributed by atoms with Crippen LogP contribution in [0.2, 0.25) is 0 Å².